The second kappa shape index (κ2) is 8.78. The summed E-state index contributed by atoms with van der Waals surface area (Å²) >= 11 is 1.87. The Bertz CT molecular complexity index is 2250. The summed E-state index contributed by atoms with van der Waals surface area (Å²) in [5, 5.41) is 10.6. The van der Waals surface area contributed by atoms with Crippen LogP contribution >= 0.6 is 11.3 Å². The number of thiophene rings is 1. The molecule has 8 aromatic rings. The van der Waals surface area contributed by atoms with Gasteiger partial charge in [0.2, 0.25) is 0 Å². The van der Waals surface area contributed by atoms with Crippen LogP contribution in [-0.2, 0) is 0 Å². The molecule has 0 aliphatic rings. The third kappa shape index (κ3) is 3.51. The minimum atomic E-state index is 1.26. The number of benzene rings is 7. The molecule has 0 N–H and O–H groups in total. The fourth-order valence-corrected chi connectivity index (χ4v) is 7.92. The lowest BCUT2D eigenvalue weighted by Gasteiger charge is -2.16. The van der Waals surface area contributed by atoms with Crippen LogP contribution in [0.15, 0.2) is 115 Å². The Kier molecular flexibility index (Phi) is 5.14. The molecule has 0 nitrogen and oxygen atoms in total. The maximum absolute atomic E-state index is 2.41. The lowest BCUT2D eigenvalue weighted by atomic mass is 9.88. The van der Waals surface area contributed by atoms with Crippen LogP contribution in [0.3, 0.4) is 0 Å². The molecular formula is C39H28S. The van der Waals surface area contributed by atoms with E-state index in [2.05, 4.69) is 136 Å². The first-order chi connectivity index (χ1) is 19.5. The second-order valence-corrected chi connectivity index (χ2v) is 12.2. The molecule has 1 heterocycles. The van der Waals surface area contributed by atoms with Gasteiger partial charge in [0, 0.05) is 20.2 Å². The maximum Gasteiger partial charge on any atom is 0.0355 e. The molecule has 190 valence electrons. The molecule has 0 fully saturated rings. The first kappa shape index (κ1) is 23.4. The second-order valence-electron chi connectivity index (χ2n) is 11.1. The van der Waals surface area contributed by atoms with Gasteiger partial charge in [0.25, 0.3) is 0 Å². The number of fused-ring (bicyclic) bond motifs is 9. The SMILES string of the molecule is Cc1cc(C)c(-c2ccc3c4ccc(-c5ccc6sc7ccccc7c6c5)cc4c4ccccc4c3c2)c(C)c1. The van der Waals surface area contributed by atoms with Gasteiger partial charge in [-0.05, 0) is 117 Å². The Labute approximate surface area is 238 Å². The van der Waals surface area contributed by atoms with Gasteiger partial charge < -0.3 is 0 Å². The summed E-state index contributed by atoms with van der Waals surface area (Å²) in [4.78, 5) is 0. The predicted octanol–water partition coefficient (Wildman–Crippen LogP) is 11.8. The van der Waals surface area contributed by atoms with E-state index in [4.69, 9.17) is 0 Å². The molecule has 0 spiro atoms. The molecule has 0 amide bonds. The molecule has 40 heavy (non-hydrogen) atoms. The summed E-state index contributed by atoms with van der Waals surface area (Å²) in [5.74, 6) is 0. The molecule has 7 aromatic carbocycles. The lowest BCUT2D eigenvalue weighted by Crippen LogP contribution is -1.91. The molecule has 0 saturated carbocycles. The predicted molar refractivity (Wildman–Crippen MR) is 177 cm³/mol. The van der Waals surface area contributed by atoms with Gasteiger partial charge in [0.05, 0.1) is 0 Å². The minimum absolute atomic E-state index is 1.26. The van der Waals surface area contributed by atoms with E-state index in [9.17, 15) is 0 Å². The molecule has 0 atom stereocenters. The van der Waals surface area contributed by atoms with Gasteiger partial charge in [0.15, 0.2) is 0 Å². The first-order valence-electron chi connectivity index (χ1n) is 13.9. The van der Waals surface area contributed by atoms with E-state index in [-0.39, 0.29) is 0 Å². The minimum Gasteiger partial charge on any atom is -0.135 e. The zero-order valence-electron chi connectivity index (χ0n) is 22.9. The maximum atomic E-state index is 2.41. The highest BCUT2D eigenvalue weighted by molar-refractivity contribution is 7.25. The summed E-state index contributed by atoms with van der Waals surface area (Å²) < 4.78 is 2.69. The molecule has 1 aromatic heterocycles. The van der Waals surface area contributed by atoms with Crippen molar-refractivity contribution in [3.05, 3.63) is 132 Å². The van der Waals surface area contributed by atoms with Crippen molar-refractivity contribution >= 4 is 63.8 Å². The van der Waals surface area contributed by atoms with Crippen molar-refractivity contribution in [2.24, 2.45) is 0 Å². The first-order valence-corrected chi connectivity index (χ1v) is 14.7. The van der Waals surface area contributed by atoms with E-state index < -0.39 is 0 Å². The van der Waals surface area contributed by atoms with Crippen LogP contribution in [0, 0.1) is 20.8 Å². The van der Waals surface area contributed by atoms with Gasteiger partial charge in [-0.15, -0.1) is 11.3 Å². The molecule has 0 unspecified atom stereocenters. The molecule has 1 heteroatoms. The third-order valence-electron chi connectivity index (χ3n) is 8.51. The lowest BCUT2D eigenvalue weighted by molar-refractivity contribution is 1.32. The highest BCUT2D eigenvalue weighted by Gasteiger charge is 2.14. The van der Waals surface area contributed by atoms with Gasteiger partial charge >= 0.3 is 0 Å². The van der Waals surface area contributed by atoms with E-state index in [1.807, 2.05) is 11.3 Å². The van der Waals surface area contributed by atoms with Crippen LogP contribution in [0.25, 0.3) is 74.7 Å². The van der Waals surface area contributed by atoms with Crippen molar-refractivity contribution < 1.29 is 0 Å². The van der Waals surface area contributed by atoms with Crippen LogP contribution in [0.5, 0.6) is 0 Å². The molecule has 0 bridgehead atoms. The summed E-state index contributed by atoms with van der Waals surface area (Å²) in [7, 11) is 0. The zero-order valence-corrected chi connectivity index (χ0v) is 23.7. The number of aryl methyl sites for hydroxylation is 3. The van der Waals surface area contributed by atoms with E-state index in [1.54, 1.807) is 0 Å². The van der Waals surface area contributed by atoms with Gasteiger partial charge in [-0.2, -0.15) is 0 Å². The Balaban J connectivity index is 1.37. The fourth-order valence-electron chi connectivity index (χ4n) is 6.83. The van der Waals surface area contributed by atoms with Crippen LogP contribution in [0.1, 0.15) is 16.7 Å². The van der Waals surface area contributed by atoms with E-state index >= 15 is 0 Å². The number of rotatable bonds is 2. The van der Waals surface area contributed by atoms with Gasteiger partial charge in [-0.25, -0.2) is 0 Å². The van der Waals surface area contributed by atoms with Gasteiger partial charge in [-0.3, -0.25) is 0 Å². The smallest absolute Gasteiger partial charge is 0.0355 e. The van der Waals surface area contributed by atoms with E-state index in [0.717, 1.165) is 0 Å². The Morgan fingerprint density at radius 3 is 1.52 bits per heavy atom. The van der Waals surface area contributed by atoms with Crippen LogP contribution < -0.4 is 0 Å². The molecule has 8 rings (SSSR count). The van der Waals surface area contributed by atoms with E-state index in [0.29, 0.717) is 0 Å². The monoisotopic (exact) mass is 528 g/mol. The van der Waals surface area contributed by atoms with Crippen molar-refractivity contribution in [1.29, 1.82) is 0 Å². The number of hydrogen-bond acceptors (Lipinski definition) is 1. The Hall–Kier alpha value is -4.46. The summed E-state index contributed by atoms with van der Waals surface area (Å²) in [6, 6.07) is 43.2. The fraction of sp³-hybridized carbons (Fsp3) is 0.0769. The van der Waals surface area contributed by atoms with Crippen molar-refractivity contribution in [3.63, 3.8) is 0 Å². The summed E-state index contributed by atoms with van der Waals surface area (Å²) in [6.45, 7) is 6.64. The summed E-state index contributed by atoms with van der Waals surface area (Å²) in [6.07, 6.45) is 0. The van der Waals surface area contributed by atoms with Crippen LogP contribution in [0.4, 0.5) is 0 Å². The Morgan fingerprint density at radius 1 is 0.375 bits per heavy atom. The third-order valence-corrected chi connectivity index (χ3v) is 9.66. The number of hydrogen-bond donors (Lipinski definition) is 0. The molecule has 0 aliphatic carbocycles. The van der Waals surface area contributed by atoms with Crippen molar-refractivity contribution in [3.8, 4) is 22.3 Å². The molecule has 0 saturated heterocycles. The van der Waals surface area contributed by atoms with Crippen molar-refractivity contribution in [2.75, 3.05) is 0 Å². The highest BCUT2D eigenvalue weighted by atomic mass is 32.1. The highest BCUT2D eigenvalue weighted by Crippen LogP contribution is 2.41. The quantitative estimate of drug-likeness (QED) is 0.196. The van der Waals surface area contributed by atoms with Gasteiger partial charge in [-0.1, -0.05) is 90.5 Å². The van der Waals surface area contributed by atoms with Gasteiger partial charge in [0.1, 0.15) is 0 Å². The largest absolute Gasteiger partial charge is 0.135 e. The average Bonchev–Trinajstić information content (AvgIpc) is 3.34. The molecule has 0 radical (unpaired) electrons. The normalized spacial score (nSPS) is 11.9. The average molecular weight is 529 g/mol. The topological polar surface area (TPSA) is 0 Å². The molecule has 0 aliphatic heterocycles. The standard InChI is InChI=1S/C39H28S/c1-23-18-24(2)39(25(3)19-23)28-13-16-32-31-15-12-26(20-34(31)29-8-4-5-9-30(29)35(32)22-28)27-14-17-38-36(21-27)33-10-6-7-11-37(33)40-38/h4-22H,1-3H3. The van der Waals surface area contributed by atoms with Crippen molar-refractivity contribution in [2.45, 2.75) is 20.8 Å². The van der Waals surface area contributed by atoms with Crippen molar-refractivity contribution in [1.82, 2.24) is 0 Å². The van der Waals surface area contributed by atoms with Crippen LogP contribution in [-0.4, -0.2) is 0 Å². The van der Waals surface area contributed by atoms with E-state index in [1.165, 1.54) is 91.4 Å². The van der Waals surface area contributed by atoms with Crippen LogP contribution in [0.2, 0.25) is 0 Å². The Morgan fingerprint density at radius 2 is 0.850 bits per heavy atom. The molecular weight excluding hydrogens is 500 g/mol. The zero-order chi connectivity index (χ0) is 27.0. The summed E-state index contributed by atoms with van der Waals surface area (Å²) in [5.41, 5.74) is 9.16.